The van der Waals surface area contributed by atoms with Crippen LogP contribution in [0.25, 0.3) is 0 Å². The second kappa shape index (κ2) is 50.4. The highest BCUT2D eigenvalue weighted by Crippen LogP contribution is 2.41. The van der Waals surface area contributed by atoms with Crippen molar-refractivity contribution in [2.45, 2.75) is 303 Å². The largest absolute Gasteiger partial charge is 0.459 e. The number of nitrogens with one attached hydrogen (secondary N) is 2. The van der Waals surface area contributed by atoms with E-state index >= 15 is 0 Å². The molecule has 0 unspecified atom stereocenters. The van der Waals surface area contributed by atoms with Crippen LogP contribution in [0.3, 0.4) is 0 Å². The summed E-state index contributed by atoms with van der Waals surface area (Å²) in [6, 6.07) is 43.3. The molecule has 23 nitrogen and oxygen atoms in total. The first kappa shape index (κ1) is 103. The number of ketones is 3. The molecule has 15 rings (SSSR count). The SMILES string of the molecule is CC(C)CC1CCC([C@@H](NC(C)C)C(=O)N2CCN(C3=N[C@@H](c4ccccc4)[C@H](C)O3)C[C@H]2C(=O)CCc2cccs2)CC1.CC(C)C[C@H](CC1CCN(C(C)C)CC1)C(=O)N1CCN(C2=N[C@@H](C)[C@H](c3ccccc3)O2)C[C@H]1C(=O)CCc1cccs1.C[C@H]1N=C(N2CCN(C(=O)[C@@H](CCCCNS(C)(=O)=O)CC3CCCCC3)[C@H](C(=O)CCc3cccs3)C2)O[C@H]1c1ccccc1. The Hall–Kier alpha value is -8.18. The van der Waals surface area contributed by atoms with Gasteiger partial charge >= 0.3 is 0 Å². The van der Waals surface area contributed by atoms with Crippen molar-refractivity contribution in [2.75, 3.05) is 84.8 Å². The molecule has 12 atom stereocenters. The number of sulfonamides is 1. The van der Waals surface area contributed by atoms with Gasteiger partial charge in [0.05, 0.1) is 24.4 Å². The van der Waals surface area contributed by atoms with Crippen LogP contribution in [0.15, 0.2) is 159 Å². The Morgan fingerprint density at radius 3 is 1.30 bits per heavy atom. The van der Waals surface area contributed by atoms with Crippen LogP contribution in [-0.4, -0.2) is 235 Å². The molecule has 3 amide bonds. The van der Waals surface area contributed by atoms with E-state index in [1.165, 1.54) is 59.4 Å². The van der Waals surface area contributed by atoms with Gasteiger partial charge in [0.1, 0.15) is 42.5 Å². The zero-order valence-electron chi connectivity index (χ0n) is 82.0. The quantitative estimate of drug-likeness (QED) is 0.0347. The van der Waals surface area contributed by atoms with Crippen molar-refractivity contribution in [2.24, 2.45) is 62.3 Å². The maximum absolute atomic E-state index is 14.5. The van der Waals surface area contributed by atoms with Crippen molar-refractivity contribution in [3.8, 4) is 0 Å². The van der Waals surface area contributed by atoms with Crippen LogP contribution in [0.2, 0.25) is 0 Å². The molecule has 10 heterocycles. The monoisotopic (exact) mass is 1910 g/mol. The lowest BCUT2D eigenvalue weighted by Gasteiger charge is -2.44. The number of hydrogen-bond donors (Lipinski definition) is 2. The van der Waals surface area contributed by atoms with E-state index in [0.717, 1.165) is 99.9 Å². The fourth-order valence-electron chi connectivity index (χ4n) is 21.7. The number of rotatable bonds is 36. The van der Waals surface area contributed by atoms with Crippen LogP contribution in [0.5, 0.6) is 0 Å². The highest BCUT2D eigenvalue weighted by Gasteiger charge is 2.48. The first-order chi connectivity index (χ1) is 64.6. The standard InChI is InChI=1S/2C36H52N4O3S.C35H50N4O5S2/c1-24(2)22-27-13-15-29(16-14-27)34(37-25(3)4)35(42)40-20-19-39(23-31(40)32(41)18-17-30-12-9-21-44-30)36-38-33(26(5)43-36)28-10-7-6-8-11-28;1-25(2)22-30(23-28-15-17-38(18-16-28)26(3)4)35(42)40-20-19-39(24-32(40)33(41)14-13-31-12-9-21-44-31)36-37-27(5)34(43-36)29-10-7-6-8-11-29;1-26-33(28-14-7-4-8-15-28)44-35(37-26)38-21-22-39(31(25-38)32(40)19-18-30-17-11-23-45-30)34(41)29(24-27-12-5-3-6-13-27)16-9-10-20-36-46(2,42)43/h6-12,21,24-27,29,31,33-34,37H,13-20,22-23H2,1-5H3;6-12,21,25-28,30,32,34H,13-20,22-24H2,1-5H3;4,7-8,11,14-15,17,23,26-27,29,31,33,36H,3,5-6,9-10,12-13,16,18-22,24-25H2,1-2H3/t26-,27?,29?,31-,33+,34+;27-,30+,32-,34+;26-,29+,31+,33-/m001/s1. The number of amidine groups is 3. The van der Waals surface area contributed by atoms with Gasteiger partial charge < -0.3 is 53.8 Å². The number of unbranched alkanes of at least 4 members (excludes halogenated alkanes) is 1. The zero-order chi connectivity index (χ0) is 95.0. The molecule has 0 spiro atoms. The summed E-state index contributed by atoms with van der Waals surface area (Å²) in [5.41, 5.74) is 3.30. The summed E-state index contributed by atoms with van der Waals surface area (Å²) < 4.78 is 44.8. The number of likely N-dealkylation sites (tertiary alicyclic amines) is 1. The lowest BCUT2D eigenvalue weighted by Crippen LogP contribution is -2.64. The lowest BCUT2D eigenvalue weighted by molar-refractivity contribution is -0.146. The van der Waals surface area contributed by atoms with E-state index in [4.69, 9.17) is 29.2 Å². The molecule has 9 aliphatic rings. The summed E-state index contributed by atoms with van der Waals surface area (Å²) in [4.78, 5) is 118. The number of nitrogens with zero attached hydrogens (tertiary/aromatic N) is 10. The maximum Gasteiger partial charge on any atom is 0.288 e. The van der Waals surface area contributed by atoms with E-state index in [0.29, 0.717) is 171 Å². The minimum atomic E-state index is -3.24. The Morgan fingerprint density at radius 1 is 0.448 bits per heavy atom. The number of amides is 3. The lowest BCUT2D eigenvalue weighted by atomic mass is 9.75. The van der Waals surface area contributed by atoms with Gasteiger partial charge in [0.2, 0.25) is 27.7 Å². The molecule has 2 saturated carbocycles. The zero-order valence-corrected chi connectivity index (χ0v) is 85.2. The van der Waals surface area contributed by atoms with E-state index in [-0.39, 0.29) is 95.4 Å². The fraction of sp³-hybridized carbons (Fsp3) is 0.636. The molecule has 3 aromatic carbocycles. The van der Waals surface area contributed by atoms with Crippen molar-refractivity contribution >= 4 is 97.2 Å². The number of piperidine rings is 1. The highest BCUT2D eigenvalue weighted by molar-refractivity contribution is 7.88. The molecule has 27 heteroatoms. The number of carbonyl (C=O) groups excluding carboxylic acids is 6. The molecule has 2 N–H and O–H groups in total. The predicted octanol–water partition coefficient (Wildman–Crippen LogP) is 18.5. The minimum absolute atomic E-state index is 0.0161. The number of aliphatic imine (C=N–C) groups is 3. The first-order valence-corrected chi connectivity index (χ1v) is 55.2. The first-order valence-electron chi connectivity index (χ1n) is 50.7. The van der Waals surface area contributed by atoms with Gasteiger partial charge in [-0.15, -0.1) is 34.0 Å². The van der Waals surface area contributed by atoms with Crippen molar-refractivity contribution < 1.29 is 51.4 Å². The van der Waals surface area contributed by atoms with E-state index < -0.39 is 28.1 Å². The molecule has 2 aliphatic carbocycles. The molecular formula is C107H154N12O11S4. The Balaban J connectivity index is 0.000000170. The number of carbonyl (C=O) groups is 6. The summed E-state index contributed by atoms with van der Waals surface area (Å²) in [6.07, 6.45) is 22.8. The Labute approximate surface area is 812 Å². The third kappa shape index (κ3) is 29.5. The predicted molar refractivity (Wildman–Crippen MR) is 541 cm³/mol. The normalized spacial score (nSPS) is 24.6. The summed E-state index contributed by atoms with van der Waals surface area (Å²) in [7, 11) is -3.24. The van der Waals surface area contributed by atoms with E-state index in [2.05, 4.69) is 171 Å². The van der Waals surface area contributed by atoms with Gasteiger partial charge in [-0.1, -0.05) is 202 Å². The molecule has 134 heavy (non-hydrogen) atoms. The molecule has 0 radical (unpaired) electrons. The van der Waals surface area contributed by atoms with Crippen LogP contribution < -0.4 is 10.0 Å². The molecule has 3 aromatic heterocycles. The van der Waals surface area contributed by atoms with Crippen LogP contribution in [-0.2, 0) is 72.3 Å². The number of thiophene rings is 3. The van der Waals surface area contributed by atoms with Gasteiger partial charge in [-0.25, -0.2) is 28.1 Å². The number of piperazine rings is 3. The van der Waals surface area contributed by atoms with Crippen LogP contribution in [0, 0.1) is 47.3 Å². The van der Waals surface area contributed by atoms with Gasteiger partial charge in [-0.2, -0.15) is 0 Å². The summed E-state index contributed by atoms with van der Waals surface area (Å²) in [6.45, 7) is 31.0. The second-order valence-corrected chi connectivity index (χ2v) is 45.8. The molecular weight excluding hydrogens is 1760 g/mol. The average molecular weight is 1910 g/mol. The van der Waals surface area contributed by atoms with Crippen molar-refractivity contribution in [1.29, 1.82) is 0 Å². The van der Waals surface area contributed by atoms with Gasteiger partial charge in [0.25, 0.3) is 18.1 Å². The Bertz CT molecular complexity index is 4840. The highest BCUT2D eigenvalue weighted by atomic mass is 32.2. The number of ether oxygens (including phenoxy) is 3. The minimum Gasteiger partial charge on any atom is -0.459 e. The van der Waals surface area contributed by atoms with Crippen LogP contribution >= 0.6 is 34.0 Å². The number of hydrogen-bond acceptors (Lipinski definition) is 22. The third-order valence-electron chi connectivity index (χ3n) is 28.9. The van der Waals surface area contributed by atoms with Crippen molar-refractivity contribution in [3.05, 3.63) is 175 Å². The van der Waals surface area contributed by atoms with Gasteiger partial charge in [-0.3, -0.25) is 28.8 Å². The molecule has 6 fully saturated rings. The van der Waals surface area contributed by atoms with E-state index in [1.807, 2.05) is 92.9 Å². The third-order valence-corrected chi connectivity index (χ3v) is 32.5. The van der Waals surface area contributed by atoms with Gasteiger partial charge in [0.15, 0.2) is 17.3 Å². The van der Waals surface area contributed by atoms with Crippen LogP contribution in [0.1, 0.15) is 261 Å². The molecule has 732 valence electrons. The summed E-state index contributed by atoms with van der Waals surface area (Å²) in [5, 5.41) is 9.78. The summed E-state index contributed by atoms with van der Waals surface area (Å²) >= 11 is 5.02. The van der Waals surface area contributed by atoms with Crippen molar-refractivity contribution in [1.82, 2.24) is 44.3 Å². The molecule has 0 bridgehead atoms. The fourth-order valence-corrected chi connectivity index (χ4v) is 24.4. The molecule has 6 aromatic rings. The second-order valence-electron chi connectivity index (χ2n) is 40.9. The van der Waals surface area contributed by atoms with Gasteiger partial charge in [0, 0.05) is 123 Å². The number of aryl methyl sites for hydroxylation is 3. The van der Waals surface area contributed by atoms with Crippen LogP contribution in [0.4, 0.5) is 0 Å². The molecule has 4 saturated heterocycles. The Morgan fingerprint density at radius 2 is 0.873 bits per heavy atom. The van der Waals surface area contributed by atoms with Crippen molar-refractivity contribution in [3.63, 3.8) is 0 Å². The van der Waals surface area contributed by atoms with E-state index in [9.17, 15) is 37.2 Å². The smallest absolute Gasteiger partial charge is 0.288 e. The number of Topliss-reactive ketones (excluding diaryl/α,β-unsaturated/α-hetero) is 3. The molecule has 7 aliphatic heterocycles. The number of benzene rings is 3. The summed E-state index contributed by atoms with van der Waals surface area (Å²) in [5.74, 6) is 3.69. The van der Waals surface area contributed by atoms with Gasteiger partial charge in [-0.05, 0) is 218 Å². The maximum atomic E-state index is 14.5. The average Bonchev–Trinajstić information content (AvgIpc) is 1.47. The van der Waals surface area contributed by atoms with E-state index in [1.54, 1.807) is 34.0 Å². The topological polar surface area (TPSA) is 248 Å². The Kier molecular flexibility index (Phi) is 38.8.